The molecule has 1 aromatic carbocycles. The second kappa shape index (κ2) is 5.49. The van der Waals surface area contributed by atoms with Gasteiger partial charge in [0.05, 0.1) is 0 Å². The van der Waals surface area contributed by atoms with Gasteiger partial charge in [0.2, 0.25) is 0 Å². The molecule has 0 bridgehead atoms. The van der Waals surface area contributed by atoms with Crippen LogP contribution in [0.5, 0.6) is 0 Å². The second-order valence-corrected chi connectivity index (χ2v) is 5.58. The molecule has 0 amide bonds. The lowest BCUT2D eigenvalue weighted by atomic mass is 9.82. The Hall–Kier alpha value is -0.820. The Morgan fingerprint density at radius 1 is 1.12 bits per heavy atom. The van der Waals surface area contributed by atoms with Crippen LogP contribution in [0.2, 0.25) is 0 Å². The van der Waals surface area contributed by atoms with Crippen molar-refractivity contribution in [1.29, 1.82) is 0 Å². The Bertz CT molecular complexity index is 305. The van der Waals surface area contributed by atoms with Crippen LogP contribution < -0.4 is 5.32 Å². The lowest BCUT2D eigenvalue weighted by Gasteiger charge is -2.31. The van der Waals surface area contributed by atoms with Crippen molar-refractivity contribution < 1.29 is 0 Å². The van der Waals surface area contributed by atoms with Crippen LogP contribution in [0, 0.1) is 5.41 Å². The molecule has 0 aliphatic rings. The fourth-order valence-electron chi connectivity index (χ4n) is 2.27. The molecular weight excluding hydrogens is 194 g/mol. The van der Waals surface area contributed by atoms with Crippen LogP contribution in [-0.4, -0.2) is 7.05 Å². The van der Waals surface area contributed by atoms with E-state index in [0.717, 1.165) is 0 Å². The van der Waals surface area contributed by atoms with E-state index in [9.17, 15) is 0 Å². The first-order valence-corrected chi connectivity index (χ1v) is 6.25. The Kier molecular flexibility index (Phi) is 4.55. The average Bonchev–Trinajstić information content (AvgIpc) is 2.20. The van der Waals surface area contributed by atoms with Crippen molar-refractivity contribution in [3.05, 3.63) is 35.4 Å². The van der Waals surface area contributed by atoms with E-state index in [4.69, 9.17) is 0 Å². The molecule has 1 heteroatoms. The first-order valence-electron chi connectivity index (χ1n) is 6.25. The molecule has 1 aromatic rings. The van der Waals surface area contributed by atoms with Gasteiger partial charge in [-0.25, -0.2) is 0 Å². The molecule has 0 aromatic heterocycles. The summed E-state index contributed by atoms with van der Waals surface area (Å²) in [6, 6.07) is 9.46. The van der Waals surface area contributed by atoms with Crippen LogP contribution in [0.15, 0.2) is 24.3 Å². The highest BCUT2D eigenvalue weighted by Gasteiger charge is 2.24. The number of rotatable bonds is 4. The Morgan fingerprint density at radius 3 is 2.06 bits per heavy atom. The van der Waals surface area contributed by atoms with Crippen molar-refractivity contribution >= 4 is 0 Å². The highest BCUT2D eigenvalue weighted by molar-refractivity contribution is 5.26. The first-order chi connectivity index (χ1) is 7.49. The molecule has 90 valence electrons. The Balaban J connectivity index is 2.87. The number of benzene rings is 1. The quantitative estimate of drug-likeness (QED) is 0.808. The SMILES string of the molecule is CCCc1ccc(C(NC)C(C)(C)C)cc1. The van der Waals surface area contributed by atoms with Crippen molar-refractivity contribution in [2.45, 2.75) is 46.6 Å². The van der Waals surface area contributed by atoms with Gasteiger partial charge in [-0.15, -0.1) is 0 Å². The summed E-state index contributed by atoms with van der Waals surface area (Å²) in [5.74, 6) is 0. The van der Waals surface area contributed by atoms with Crippen molar-refractivity contribution in [3.8, 4) is 0 Å². The van der Waals surface area contributed by atoms with Crippen LogP contribution in [0.25, 0.3) is 0 Å². The summed E-state index contributed by atoms with van der Waals surface area (Å²) in [5, 5.41) is 3.41. The monoisotopic (exact) mass is 219 g/mol. The molecule has 0 heterocycles. The van der Waals surface area contributed by atoms with E-state index in [2.05, 4.69) is 57.3 Å². The third-order valence-corrected chi connectivity index (χ3v) is 3.01. The van der Waals surface area contributed by atoms with Gasteiger partial charge in [-0.2, -0.15) is 0 Å². The van der Waals surface area contributed by atoms with Crippen LogP contribution >= 0.6 is 0 Å². The predicted molar refractivity (Wildman–Crippen MR) is 71.7 cm³/mol. The van der Waals surface area contributed by atoms with Gasteiger partial charge in [0, 0.05) is 6.04 Å². The average molecular weight is 219 g/mol. The van der Waals surface area contributed by atoms with Gasteiger partial charge >= 0.3 is 0 Å². The smallest absolute Gasteiger partial charge is 0.0366 e. The summed E-state index contributed by atoms with van der Waals surface area (Å²) in [7, 11) is 2.04. The molecule has 0 radical (unpaired) electrons. The second-order valence-electron chi connectivity index (χ2n) is 5.58. The van der Waals surface area contributed by atoms with Crippen LogP contribution in [0.3, 0.4) is 0 Å². The standard InChI is InChI=1S/C15H25N/c1-6-7-12-8-10-13(11-9-12)14(16-5)15(2,3)4/h8-11,14,16H,6-7H2,1-5H3. The van der Waals surface area contributed by atoms with Crippen LogP contribution in [0.4, 0.5) is 0 Å². The lowest BCUT2D eigenvalue weighted by Crippen LogP contribution is -2.29. The molecule has 1 nitrogen and oxygen atoms in total. The fraction of sp³-hybridized carbons (Fsp3) is 0.600. The summed E-state index contributed by atoms with van der Waals surface area (Å²) >= 11 is 0. The van der Waals surface area contributed by atoms with Gasteiger partial charge in [-0.05, 0) is 30.0 Å². The van der Waals surface area contributed by atoms with Crippen LogP contribution in [0.1, 0.15) is 51.3 Å². The van der Waals surface area contributed by atoms with Crippen molar-refractivity contribution in [2.24, 2.45) is 5.41 Å². The molecule has 0 aliphatic heterocycles. The summed E-state index contributed by atoms with van der Waals surface area (Å²) in [5.41, 5.74) is 3.07. The summed E-state index contributed by atoms with van der Waals surface area (Å²) < 4.78 is 0. The van der Waals surface area contributed by atoms with Crippen molar-refractivity contribution in [1.82, 2.24) is 5.32 Å². The zero-order chi connectivity index (χ0) is 12.2. The topological polar surface area (TPSA) is 12.0 Å². The van der Waals surface area contributed by atoms with Crippen molar-refractivity contribution in [2.75, 3.05) is 7.05 Å². The minimum atomic E-state index is 0.251. The minimum Gasteiger partial charge on any atom is -0.313 e. The number of hydrogen-bond acceptors (Lipinski definition) is 1. The fourth-order valence-corrected chi connectivity index (χ4v) is 2.27. The maximum Gasteiger partial charge on any atom is 0.0366 e. The van der Waals surface area contributed by atoms with Crippen molar-refractivity contribution in [3.63, 3.8) is 0 Å². The Morgan fingerprint density at radius 2 is 1.69 bits per heavy atom. The molecule has 0 saturated carbocycles. The van der Waals surface area contributed by atoms with Gasteiger partial charge in [0.1, 0.15) is 0 Å². The van der Waals surface area contributed by atoms with E-state index in [0.29, 0.717) is 6.04 Å². The molecule has 16 heavy (non-hydrogen) atoms. The third-order valence-electron chi connectivity index (χ3n) is 3.01. The maximum atomic E-state index is 3.41. The van der Waals surface area contributed by atoms with Crippen LogP contribution in [-0.2, 0) is 6.42 Å². The molecule has 1 unspecified atom stereocenters. The van der Waals surface area contributed by atoms with E-state index in [-0.39, 0.29) is 5.41 Å². The van der Waals surface area contributed by atoms with E-state index >= 15 is 0 Å². The predicted octanol–water partition coefficient (Wildman–Crippen LogP) is 3.95. The third kappa shape index (κ3) is 3.34. The zero-order valence-electron chi connectivity index (χ0n) is 11.3. The largest absolute Gasteiger partial charge is 0.313 e. The number of nitrogens with one attached hydrogen (secondary N) is 1. The van der Waals surface area contributed by atoms with Gasteiger partial charge in [0.25, 0.3) is 0 Å². The highest BCUT2D eigenvalue weighted by Crippen LogP contribution is 2.32. The molecule has 1 atom stereocenters. The summed E-state index contributed by atoms with van der Waals surface area (Å²) in [4.78, 5) is 0. The molecule has 0 saturated heterocycles. The molecule has 0 spiro atoms. The number of hydrogen-bond donors (Lipinski definition) is 1. The van der Waals surface area contributed by atoms with Gasteiger partial charge in [-0.3, -0.25) is 0 Å². The van der Waals surface area contributed by atoms with E-state index < -0.39 is 0 Å². The summed E-state index contributed by atoms with van der Waals surface area (Å²) in [6.07, 6.45) is 2.40. The highest BCUT2D eigenvalue weighted by atomic mass is 14.9. The van der Waals surface area contributed by atoms with Gasteiger partial charge in [-0.1, -0.05) is 58.4 Å². The van der Waals surface area contributed by atoms with Gasteiger partial charge < -0.3 is 5.32 Å². The van der Waals surface area contributed by atoms with E-state index in [1.165, 1.54) is 24.0 Å². The van der Waals surface area contributed by atoms with Gasteiger partial charge in [0.15, 0.2) is 0 Å². The normalized spacial score (nSPS) is 13.8. The summed E-state index contributed by atoms with van der Waals surface area (Å²) in [6.45, 7) is 9.04. The first kappa shape index (κ1) is 13.2. The minimum absolute atomic E-state index is 0.251. The van der Waals surface area contributed by atoms with E-state index in [1.54, 1.807) is 0 Å². The molecular formula is C15H25N. The number of aryl methyl sites for hydroxylation is 1. The molecule has 0 aliphatic carbocycles. The molecule has 1 rings (SSSR count). The molecule has 1 N–H and O–H groups in total. The lowest BCUT2D eigenvalue weighted by molar-refractivity contribution is 0.287. The zero-order valence-corrected chi connectivity index (χ0v) is 11.3. The Labute approximate surface area is 100 Å². The van der Waals surface area contributed by atoms with E-state index in [1.807, 2.05) is 7.05 Å². The maximum absolute atomic E-state index is 3.41. The molecule has 0 fully saturated rings.